The molecule has 0 unspecified atom stereocenters. The Hall–Kier alpha value is -5.27. The van der Waals surface area contributed by atoms with E-state index in [4.69, 9.17) is 4.74 Å². The lowest BCUT2D eigenvalue weighted by molar-refractivity contribution is -0.137. The standard InChI is InChI=1S/C41H47F3N6O4/c1-4-5-6-17-48(2)34-13-14-36(47-39(52)30-10-8-11-32(25-30)40(53)49(3)18-19-50-20-22-54-23-21-50)35(27-34)37-26-31(15-16-45-37)38(51)46-28-29-9-7-12-33(24-29)41(42,43)44/h7-16,24-27H,4-6,17-23,28H2,1-3H3,(H,46,51)(H,47,52). The Morgan fingerprint density at radius 1 is 0.852 bits per heavy atom. The van der Waals surface area contributed by atoms with Crippen molar-refractivity contribution < 1.29 is 32.3 Å². The van der Waals surface area contributed by atoms with Crippen molar-refractivity contribution in [2.75, 3.05) is 70.2 Å². The number of aromatic nitrogens is 1. The van der Waals surface area contributed by atoms with E-state index in [0.717, 1.165) is 63.3 Å². The summed E-state index contributed by atoms with van der Waals surface area (Å²) in [5.74, 6) is -1.12. The quantitative estimate of drug-likeness (QED) is 0.127. The number of alkyl halides is 3. The molecule has 0 bridgehead atoms. The minimum Gasteiger partial charge on any atom is -0.379 e. The lowest BCUT2D eigenvalue weighted by atomic mass is 10.0. The second-order valence-corrected chi connectivity index (χ2v) is 13.4. The summed E-state index contributed by atoms with van der Waals surface area (Å²) in [6.07, 6.45) is 0.135. The number of likely N-dealkylation sites (N-methyl/N-ethyl adjacent to an activating group) is 1. The van der Waals surface area contributed by atoms with Gasteiger partial charge in [-0.1, -0.05) is 38.0 Å². The van der Waals surface area contributed by atoms with Gasteiger partial charge in [-0.3, -0.25) is 24.3 Å². The van der Waals surface area contributed by atoms with Crippen LogP contribution in [0.4, 0.5) is 24.5 Å². The maximum Gasteiger partial charge on any atom is 0.416 e. The molecular weight excluding hydrogens is 697 g/mol. The minimum atomic E-state index is -4.49. The van der Waals surface area contributed by atoms with Gasteiger partial charge in [0.2, 0.25) is 0 Å². The average molecular weight is 745 g/mol. The minimum absolute atomic E-state index is 0.106. The number of pyridine rings is 1. The Kier molecular flexibility index (Phi) is 13.8. The van der Waals surface area contributed by atoms with Crippen LogP contribution in [-0.2, 0) is 17.5 Å². The molecule has 1 aliphatic rings. The highest BCUT2D eigenvalue weighted by Crippen LogP contribution is 2.33. The summed E-state index contributed by atoms with van der Waals surface area (Å²) in [7, 11) is 3.73. The first-order chi connectivity index (χ1) is 25.9. The zero-order valence-corrected chi connectivity index (χ0v) is 30.9. The Bertz CT molecular complexity index is 1910. The normalized spacial score (nSPS) is 13.3. The number of ether oxygens (including phenoxy) is 1. The molecule has 13 heteroatoms. The van der Waals surface area contributed by atoms with E-state index in [1.54, 1.807) is 48.3 Å². The van der Waals surface area contributed by atoms with Crippen LogP contribution in [-0.4, -0.2) is 92.5 Å². The fourth-order valence-electron chi connectivity index (χ4n) is 6.11. The molecule has 1 saturated heterocycles. The zero-order chi connectivity index (χ0) is 38.7. The molecule has 2 heterocycles. The van der Waals surface area contributed by atoms with Crippen molar-refractivity contribution in [3.8, 4) is 11.3 Å². The van der Waals surface area contributed by atoms with Gasteiger partial charge in [0.15, 0.2) is 0 Å². The molecule has 1 aromatic heterocycles. The largest absolute Gasteiger partial charge is 0.416 e. The van der Waals surface area contributed by atoms with Crippen LogP contribution in [0.2, 0.25) is 0 Å². The summed E-state index contributed by atoms with van der Waals surface area (Å²) in [6, 6.07) is 20.1. The Morgan fingerprint density at radius 3 is 2.35 bits per heavy atom. The van der Waals surface area contributed by atoms with Crippen LogP contribution < -0.4 is 15.5 Å². The fraction of sp³-hybridized carbons (Fsp3) is 0.366. The molecule has 1 fully saturated rings. The molecule has 0 radical (unpaired) electrons. The maximum atomic E-state index is 13.7. The highest BCUT2D eigenvalue weighted by molar-refractivity contribution is 6.08. The molecule has 10 nitrogen and oxygen atoms in total. The van der Waals surface area contributed by atoms with Crippen LogP contribution in [0.25, 0.3) is 11.3 Å². The topological polar surface area (TPSA) is 107 Å². The summed E-state index contributed by atoms with van der Waals surface area (Å²) >= 11 is 0. The number of rotatable bonds is 15. The van der Waals surface area contributed by atoms with E-state index < -0.39 is 23.6 Å². The van der Waals surface area contributed by atoms with Crippen LogP contribution in [0.1, 0.15) is 68.4 Å². The van der Waals surface area contributed by atoms with Crippen LogP contribution in [0, 0.1) is 0 Å². The van der Waals surface area contributed by atoms with E-state index in [2.05, 4.69) is 32.3 Å². The van der Waals surface area contributed by atoms with E-state index >= 15 is 0 Å². The van der Waals surface area contributed by atoms with E-state index in [0.29, 0.717) is 53.4 Å². The molecule has 54 heavy (non-hydrogen) atoms. The Morgan fingerprint density at radius 2 is 1.59 bits per heavy atom. The molecule has 0 spiro atoms. The first-order valence-corrected chi connectivity index (χ1v) is 18.2. The number of anilines is 2. The monoisotopic (exact) mass is 744 g/mol. The average Bonchev–Trinajstić information content (AvgIpc) is 3.19. The number of hydrogen-bond acceptors (Lipinski definition) is 7. The van der Waals surface area contributed by atoms with E-state index in [-0.39, 0.29) is 18.0 Å². The van der Waals surface area contributed by atoms with Crippen molar-refractivity contribution in [3.63, 3.8) is 0 Å². The van der Waals surface area contributed by atoms with Gasteiger partial charge in [0, 0.05) is 87.5 Å². The summed E-state index contributed by atoms with van der Waals surface area (Å²) in [5, 5.41) is 5.68. The molecule has 0 aliphatic carbocycles. The zero-order valence-electron chi connectivity index (χ0n) is 30.9. The summed E-state index contributed by atoms with van der Waals surface area (Å²) < 4.78 is 45.1. The molecule has 286 valence electrons. The second-order valence-electron chi connectivity index (χ2n) is 13.4. The summed E-state index contributed by atoms with van der Waals surface area (Å²) in [4.78, 5) is 50.8. The van der Waals surface area contributed by atoms with Crippen molar-refractivity contribution >= 4 is 29.1 Å². The molecule has 2 N–H and O–H groups in total. The Balaban J connectivity index is 1.35. The van der Waals surface area contributed by atoms with Gasteiger partial charge in [-0.05, 0) is 72.6 Å². The van der Waals surface area contributed by atoms with Gasteiger partial charge < -0.3 is 25.2 Å². The summed E-state index contributed by atoms with van der Waals surface area (Å²) in [5.41, 5.74) is 2.74. The maximum absolute atomic E-state index is 13.7. The highest BCUT2D eigenvalue weighted by atomic mass is 19.4. The molecule has 5 rings (SSSR count). The van der Waals surface area contributed by atoms with Gasteiger partial charge in [0.25, 0.3) is 17.7 Å². The van der Waals surface area contributed by atoms with Crippen molar-refractivity contribution in [3.05, 3.63) is 113 Å². The number of carbonyl (C=O) groups excluding carboxylic acids is 3. The third kappa shape index (κ3) is 10.9. The highest BCUT2D eigenvalue weighted by Gasteiger charge is 2.30. The van der Waals surface area contributed by atoms with Gasteiger partial charge in [-0.2, -0.15) is 13.2 Å². The predicted molar refractivity (Wildman–Crippen MR) is 204 cm³/mol. The van der Waals surface area contributed by atoms with E-state index in [1.165, 1.54) is 24.4 Å². The first-order valence-electron chi connectivity index (χ1n) is 18.2. The SMILES string of the molecule is CCCCCN(C)c1ccc(NC(=O)c2cccc(C(=O)N(C)CCN3CCOCC3)c2)c(-c2cc(C(=O)NCc3cccc(C(F)(F)F)c3)ccn2)c1. The number of hydrogen-bond donors (Lipinski definition) is 2. The van der Waals surface area contributed by atoms with Gasteiger partial charge in [0.1, 0.15) is 0 Å². The third-order valence-corrected chi connectivity index (χ3v) is 9.37. The lowest BCUT2D eigenvalue weighted by Crippen LogP contribution is -2.41. The number of carbonyl (C=O) groups is 3. The molecule has 1 aliphatic heterocycles. The number of nitrogens with zero attached hydrogens (tertiary/aromatic N) is 4. The second kappa shape index (κ2) is 18.7. The van der Waals surface area contributed by atoms with Gasteiger partial charge in [-0.25, -0.2) is 0 Å². The first kappa shape index (κ1) is 39.9. The predicted octanol–water partition coefficient (Wildman–Crippen LogP) is 6.98. The van der Waals surface area contributed by atoms with Crippen LogP contribution >= 0.6 is 0 Å². The smallest absolute Gasteiger partial charge is 0.379 e. The van der Waals surface area contributed by atoms with E-state index in [1.807, 2.05) is 19.2 Å². The molecule has 3 amide bonds. The van der Waals surface area contributed by atoms with Gasteiger partial charge in [0.05, 0.1) is 30.2 Å². The van der Waals surface area contributed by atoms with Crippen molar-refractivity contribution in [1.29, 1.82) is 0 Å². The summed E-state index contributed by atoms with van der Waals surface area (Å²) in [6.45, 7) is 7.12. The van der Waals surface area contributed by atoms with E-state index in [9.17, 15) is 27.6 Å². The third-order valence-electron chi connectivity index (χ3n) is 9.37. The van der Waals surface area contributed by atoms with Crippen molar-refractivity contribution in [2.45, 2.75) is 38.9 Å². The van der Waals surface area contributed by atoms with Crippen molar-refractivity contribution in [1.82, 2.24) is 20.1 Å². The van der Waals surface area contributed by atoms with Crippen LogP contribution in [0.3, 0.4) is 0 Å². The molecule has 0 saturated carbocycles. The van der Waals surface area contributed by atoms with Crippen LogP contribution in [0.5, 0.6) is 0 Å². The van der Waals surface area contributed by atoms with Crippen molar-refractivity contribution in [2.24, 2.45) is 0 Å². The number of nitrogens with one attached hydrogen (secondary N) is 2. The Labute approximate surface area is 314 Å². The molecule has 0 atom stereocenters. The molecule has 4 aromatic rings. The van der Waals surface area contributed by atoms with Crippen LogP contribution in [0.15, 0.2) is 85.1 Å². The van der Waals surface area contributed by atoms with Gasteiger partial charge >= 0.3 is 6.18 Å². The molecular formula is C41H47F3N6O4. The fourth-order valence-corrected chi connectivity index (χ4v) is 6.11. The number of morpholine rings is 1. The number of unbranched alkanes of at least 4 members (excludes halogenated alkanes) is 2. The number of amides is 3. The van der Waals surface area contributed by atoms with Gasteiger partial charge in [-0.15, -0.1) is 0 Å². The molecule has 3 aromatic carbocycles. The lowest BCUT2D eigenvalue weighted by Gasteiger charge is -2.28. The number of benzene rings is 3. The number of halogens is 3.